The summed E-state index contributed by atoms with van der Waals surface area (Å²) in [7, 11) is -0.290. The van der Waals surface area contributed by atoms with Gasteiger partial charge in [-0.3, -0.25) is 0 Å². The number of aryl methyl sites for hydroxylation is 1. The Hall–Kier alpha value is -0.545. The van der Waals surface area contributed by atoms with Crippen molar-refractivity contribution in [2.75, 3.05) is 0 Å². The molecule has 0 saturated carbocycles. The topological polar surface area (TPSA) is 44.5 Å². The largest absolute Gasteiger partial charge is 0.495 e. The molecule has 1 saturated heterocycles. The van der Waals surface area contributed by atoms with E-state index >= 15 is 0 Å². The molecule has 0 atom stereocenters. The molecule has 0 spiro atoms. The zero-order valence-electron chi connectivity index (χ0n) is 12.3. The fourth-order valence-corrected chi connectivity index (χ4v) is 2.10. The van der Waals surface area contributed by atoms with E-state index in [0.29, 0.717) is 6.54 Å². The average molecular weight is 284 g/mol. The van der Waals surface area contributed by atoms with Gasteiger partial charge in [0.2, 0.25) is 0 Å². The van der Waals surface area contributed by atoms with E-state index in [1.54, 1.807) is 0 Å². The maximum atomic E-state index is 6.05. The van der Waals surface area contributed by atoms with Crippen molar-refractivity contribution in [3.63, 3.8) is 0 Å². The normalized spacial score (nSPS) is 20.2. The van der Waals surface area contributed by atoms with E-state index in [1.165, 1.54) is 0 Å². The van der Waals surface area contributed by atoms with Crippen LogP contribution in [0.3, 0.4) is 0 Å². The molecule has 1 aliphatic heterocycles. The van der Waals surface area contributed by atoms with E-state index < -0.39 is 0 Å². The summed E-state index contributed by atoms with van der Waals surface area (Å²) in [6, 6.07) is 6.19. The lowest BCUT2D eigenvalue weighted by Crippen LogP contribution is -2.41. The van der Waals surface area contributed by atoms with Gasteiger partial charge in [0.25, 0.3) is 0 Å². The van der Waals surface area contributed by atoms with Crippen LogP contribution >= 0.6 is 12.4 Å². The van der Waals surface area contributed by atoms with Gasteiger partial charge in [-0.05, 0) is 45.6 Å². The maximum Gasteiger partial charge on any atom is 0.495 e. The van der Waals surface area contributed by atoms with Gasteiger partial charge < -0.3 is 15.0 Å². The van der Waals surface area contributed by atoms with Gasteiger partial charge in [0.15, 0.2) is 0 Å². The smallest absolute Gasteiger partial charge is 0.399 e. The van der Waals surface area contributed by atoms with Crippen LogP contribution in [-0.4, -0.2) is 18.3 Å². The lowest BCUT2D eigenvalue weighted by molar-refractivity contribution is 0.00578. The van der Waals surface area contributed by atoms with Crippen molar-refractivity contribution in [1.29, 1.82) is 0 Å². The molecule has 0 radical (unpaired) electrons. The molecule has 2 rings (SSSR count). The van der Waals surface area contributed by atoms with Crippen molar-refractivity contribution >= 4 is 25.0 Å². The van der Waals surface area contributed by atoms with E-state index in [1.807, 2.05) is 6.07 Å². The summed E-state index contributed by atoms with van der Waals surface area (Å²) in [6.07, 6.45) is 0. The van der Waals surface area contributed by atoms with Gasteiger partial charge in [-0.1, -0.05) is 23.8 Å². The first-order chi connectivity index (χ1) is 8.27. The summed E-state index contributed by atoms with van der Waals surface area (Å²) in [5.41, 5.74) is 8.44. The Morgan fingerprint density at radius 3 is 2.05 bits per heavy atom. The number of hydrogen-bond acceptors (Lipinski definition) is 3. The second-order valence-electron chi connectivity index (χ2n) is 5.98. The minimum absolute atomic E-state index is 0. The highest BCUT2D eigenvalue weighted by molar-refractivity contribution is 6.62. The fraction of sp³-hybridized carbons (Fsp3) is 0.571. The molecular weight excluding hydrogens is 260 g/mol. The lowest BCUT2D eigenvalue weighted by atomic mass is 9.76. The van der Waals surface area contributed by atoms with Crippen LogP contribution in [0.25, 0.3) is 0 Å². The number of rotatable bonds is 2. The molecule has 0 aliphatic carbocycles. The molecule has 3 nitrogen and oxygen atoms in total. The van der Waals surface area contributed by atoms with Crippen LogP contribution in [0.1, 0.15) is 38.8 Å². The zero-order valence-corrected chi connectivity index (χ0v) is 13.1. The van der Waals surface area contributed by atoms with Crippen molar-refractivity contribution < 1.29 is 9.31 Å². The monoisotopic (exact) mass is 283 g/mol. The van der Waals surface area contributed by atoms with Crippen LogP contribution in [0.5, 0.6) is 0 Å². The van der Waals surface area contributed by atoms with Gasteiger partial charge in [0.05, 0.1) is 11.2 Å². The molecule has 5 heteroatoms. The van der Waals surface area contributed by atoms with Crippen LogP contribution in [0.15, 0.2) is 18.2 Å². The zero-order chi connectivity index (χ0) is 13.6. The van der Waals surface area contributed by atoms with E-state index in [-0.39, 0.29) is 30.7 Å². The molecule has 0 bridgehead atoms. The highest BCUT2D eigenvalue weighted by Crippen LogP contribution is 2.36. The Balaban J connectivity index is 0.00000180. The molecule has 0 aromatic heterocycles. The first kappa shape index (κ1) is 16.5. The van der Waals surface area contributed by atoms with Crippen molar-refractivity contribution in [2.45, 2.75) is 52.4 Å². The molecule has 2 N–H and O–H groups in total. The summed E-state index contributed by atoms with van der Waals surface area (Å²) in [4.78, 5) is 0. The second-order valence-corrected chi connectivity index (χ2v) is 5.98. The molecule has 1 aliphatic rings. The van der Waals surface area contributed by atoms with E-state index in [4.69, 9.17) is 15.0 Å². The van der Waals surface area contributed by atoms with E-state index in [2.05, 4.69) is 46.8 Å². The van der Waals surface area contributed by atoms with Crippen LogP contribution < -0.4 is 11.2 Å². The lowest BCUT2D eigenvalue weighted by Gasteiger charge is -2.32. The van der Waals surface area contributed by atoms with Crippen LogP contribution in [0.2, 0.25) is 0 Å². The van der Waals surface area contributed by atoms with Crippen molar-refractivity contribution in [3.8, 4) is 0 Å². The third kappa shape index (κ3) is 2.97. The predicted octanol–water partition coefficient (Wildman–Crippen LogP) is 2.17. The minimum atomic E-state index is -0.295. The molecule has 1 fully saturated rings. The number of benzene rings is 1. The summed E-state index contributed by atoms with van der Waals surface area (Å²) in [6.45, 7) is 10.9. The fourth-order valence-electron chi connectivity index (χ4n) is 2.10. The Morgan fingerprint density at radius 2 is 1.63 bits per heavy atom. The first-order valence-electron chi connectivity index (χ1n) is 6.42. The Labute approximate surface area is 122 Å². The molecule has 1 aromatic rings. The molecule has 1 aromatic carbocycles. The third-order valence-corrected chi connectivity index (χ3v) is 4.08. The molecule has 0 amide bonds. The Bertz CT molecular complexity index is 447. The van der Waals surface area contributed by atoms with Crippen LogP contribution in [-0.2, 0) is 15.9 Å². The van der Waals surface area contributed by atoms with Gasteiger partial charge in [-0.15, -0.1) is 12.4 Å². The summed E-state index contributed by atoms with van der Waals surface area (Å²) >= 11 is 0. The number of halogens is 1. The van der Waals surface area contributed by atoms with Gasteiger partial charge in [-0.25, -0.2) is 0 Å². The van der Waals surface area contributed by atoms with Crippen LogP contribution in [0, 0.1) is 6.92 Å². The maximum absolute atomic E-state index is 6.05. The standard InChI is InChI=1S/C14H22BNO2.ClH/c1-10-8-11(9-16)6-7-12(10)15-17-13(2,3)14(4,5)18-15;/h6-8H,9,16H2,1-5H3;1H. The van der Waals surface area contributed by atoms with E-state index in [0.717, 1.165) is 16.6 Å². The van der Waals surface area contributed by atoms with Crippen LogP contribution in [0.4, 0.5) is 0 Å². The highest BCUT2D eigenvalue weighted by atomic mass is 35.5. The first-order valence-corrected chi connectivity index (χ1v) is 6.42. The number of nitrogens with two attached hydrogens (primary N) is 1. The number of hydrogen-bond donors (Lipinski definition) is 1. The quantitative estimate of drug-likeness (QED) is 0.846. The second kappa shape index (κ2) is 5.45. The average Bonchev–Trinajstić information content (AvgIpc) is 2.47. The predicted molar refractivity (Wildman–Crippen MR) is 82.0 cm³/mol. The third-order valence-electron chi connectivity index (χ3n) is 4.08. The molecule has 0 unspecified atom stereocenters. The molecule has 1 heterocycles. The molecule has 19 heavy (non-hydrogen) atoms. The SMILES string of the molecule is Cc1cc(CN)ccc1B1OC(C)(C)C(C)(C)O1.Cl. The van der Waals surface area contributed by atoms with E-state index in [9.17, 15) is 0 Å². The Morgan fingerprint density at radius 1 is 1.11 bits per heavy atom. The van der Waals surface area contributed by atoms with Gasteiger partial charge >= 0.3 is 7.12 Å². The summed E-state index contributed by atoms with van der Waals surface area (Å²) in [5, 5.41) is 0. The van der Waals surface area contributed by atoms with Gasteiger partial charge in [0, 0.05) is 6.54 Å². The minimum Gasteiger partial charge on any atom is -0.399 e. The highest BCUT2D eigenvalue weighted by Gasteiger charge is 2.51. The van der Waals surface area contributed by atoms with Crippen molar-refractivity contribution in [3.05, 3.63) is 29.3 Å². The molecule has 106 valence electrons. The van der Waals surface area contributed by atoms with Crippen molar-refractivity contribution in [1.82, 2.24) is 0 Å². The summed E-state index contributed by atoms with van der Waals surface area (Å²) < 4.78 is 12.1. The van der Waals surface area contributed by atoms with Gasteiger partial charge in [0.1, 0.15) is 0 Å². The molecular formula is C14H23BClNO2. The van der Waals surface area contributed by atoms with Crippen molar-refractivity contribution in [2.24, 2.45) is 5.73 Å². The Kier molecular flexibility index (Phi) is 4.73. The van der Waals surface area contributed by atoms with Gasteiger partial charge in [-0.2, -0.15) is 0 Å². The summed E-state index contributed by atoms with van der Waals surface area (Å²) in [5.74, 6) is 0.